The molecule has 0 amide bonds. The number of aromatic nitrogens is 3. The van der Waals surface area contributed by atoms with Gasteiger partial charge in [0.1, 0.15) is 5.52 Å². The van der Waals surface area contributed by atoms with E-state index in [1.165, 1.54) is 6.39 Å². The van der Waals surface area contributed by atoms with Crippen molar-refractivity contribution in [3.05, 3.63) is 42.5 Å². The first-order chi connectivity index (χ1) is 8.54. The Morgan fingerprint density at radius 3 is 2.72 bits per heavy atom. The van der Waals surface area contributed by atoms with Gasteiger partial charge in [0, 0.05) is 11.6 Å². The second kappa shape index (κ2) is 3.70. The van der Waals surface area contributed by atoms with Crippen LogP contribution in [-0.2, 0) is 5.41 Å². The van der Waals surface area contributed by atoms with Gasteiger partial charge in [0.25, 0.3) is 0 Å². The Balaban J connectivity index is 2.06. The van der Waals surface area contributed by atoms with Crippen LogP contribution in [0.4, 0.5) is 0 Å². The predicted molar refractivity (Wildman–Crippen MR) is 69.8 cm³/mol. The molecule has 4 heteroatoms. The molecule has 1 aromatic carbocycles. The Kier molecular flexibility index (Phi) is 2.26. The van der Waals surface area contributed by atoms with Crippen molar-refractivity contribution in [3.8, 4) is 5.69 Å². The molecule has 0 spiro atoms. The minimum absolute atomic E-state index is 0.0588. The van der Waals surface area contributed by atoms with Gasteiger partial charge in [0.05, 0.1) is 11.4 Å². The highest BCUT2D eigenvalue weighted by molar-refractivity contribution is 5.74. The first-order valence-electron chi connectivity index (χ1n) is 5.94. The molecule has 0 saturated heterocycles. The molecule has 2 heterocycles. The molecule has 4 nitrogen and oxygen atoms in total. The summed E-state index contributed by atoms with van der Waals surface area (Å²) in [5.41, 5.74) is 3.76. The van der Waals surface area contributed by atoms with Crippen LogP contribution in [0.1, 0.15) is 26.5 Å². The van der Waals surface area contributed by atoms with Crippen LogP contribution in [0.3, 0.4) is 0 Å². The zero-order chi connectivity index (χ0) is 12.8. The third kappa shape index (κ3) is 1.79. The quantitative estimate of drug-likeness (QED) is 0.656. The van der Waals surface area contributed by atoms with Gasteiger partial charge in [-0.15, -0.1) is 0 Å². The summed E-state index contributed by atoms with van der Waals surface area (Å²) in [6.45, 7) is 6.46. The fraction of sp³-hybridized carbons (Fsp3) is 0.286. The highest BCUT2D eigenvalue weighted by Gasteiger charge is 2.17. The third-order valence-electron chi connectivity index (χ3n) is 2.94. The summed E-state index contributed by atoms with van der Waals surface area (Å²) in [5.74, 6) is 0. The van der Waals surface area contributed by atoms with Crippen LogP contribution < -0.4 is 0 Å². The maximum atomic E-state index is 5.23. The predicted octanol–water partition coefficient (Wildman–Crippen LogP) is 3.31. The number of nitrogens with zero attached hydrogens (tertiary/aromatic N) is 3. The van der Waals surface area contributed by atoms with E-state index in [4.69, 9.17) is 4.42 Å². The van der Waals surface area contributed by atoms with Crippen molar-refractivity contribution in [2.24, 2.45) is 0 Å². The first kappa shape index (κ1) is 11.0. The zero-order valence-corrected chi connectivity index (χ0v) is 10.7. The number of hydrogen-bond acceptors (Lipinski definition) is 3. The fourth-order valence-electron chi connectivity index (χ4n) is 1.86. The Morgan fingerprint density at radius 1 is 1.17 bits per heavy atom. The van der Waals surface area contributed by atoms with Crippen molar-refractivity contribution in [2.75, 3.05) is 0 Å². The van der Waals surface area contributed by atoms with Gasteiger partial charge in [-0.05, 0) is 24.3 Å². The van der Waals surface area contributed by atoms with Gasteiger partial charge in [0.2, 0.25) is 0 Å². The molecule has 2 aromatic heterocycles. The summed E-state index contributed by atoms with van der Waals surface area (Å²) in [5, 5.41) is 4.60. The van der Waals surface area contributed by atoms with E-state index in [1.54, 1.807) is 0 Å². The van der Waals surface area contributed by atoms with Crippen molar-refractivity contribution in [1.82, 2.24) is 14.8 Å². The smallest absolute Gasteiger partial charge is 0.181 e. The van der Waals surface area contributed by atoms with Gasteiger partial charge in [-0.2, -0.15) is 5.10 Å². The molecule has 0 atom stereocenters. The lowest BCUT2D eigenvalue weighted by Crippen LogP contribution is -2.12. The van der Waals surface area contributed by atoms with Crippen molar-refractivity contribution >= 4 is 11.1 Å². The maximum Gasteiger partial charge on any atom is 0.181 e. The summed E-state index contributed by atoms with van der Waals surface area (Å²) >= 11 is 0. The molecule has 18 heavy (non-hydrogen) atoms. The zero-order valence-electron chi connectivity index (χ0n) is 10.7. The van der Waals surface area contributed by atoms with E-state index in [1.807, 2.05) is 35.1 Å². The Bertz CT molecular complexity index is 688. The molecular formula is C14H15N3O. The van der Waals surface area contributed by atoms with Gasteiger partial charge < -0.3 is 4.42 Å². The minimum Gasteiger partial charge on any atom is -0.443 e. The molecule has 0 aliphatic heterocycles. The van der Waals surface area contributed by atoms with Crippen LogP contribution >= 0.6 is 0 Å². The van der Waals surface area contributed by atoms with Crippen molar-refractivity contribution < 1.29 is 4.42 Å². The van der Waals surface area contributed by atoms with E-state index in [0.717, 1.165) is 22.5 Å². The fourth-order valence-corrected chi connectivity index (χ4v) is 1.86. The largest absolute Gasteiger partial charge is 0.443 e. The molecule has 0 unspecified atom stereocenters. The second-order valence-corrected chi connectivity index (χ2v) is 5.40. The SMILES string of the molecule is CC(C)(C)c1ccn(-c2ccc3ocnc3c2)n1. The molecule has 0 radical (unpaired) electrons. The molecule has 0 bridgehead atoms. The molecule has 0 aliphatic rings. The number of fused-ring (bicyclic) bond motifs is 1. The van der Waals surface area contributed by atoms with Crippen LogP contribution in [0, 0.1) is 0 Å². The summed E-state index contributed by atoms with van der Waals surface area (Å²) < 4.78 is 7.10. The molecule has 0 N–H and O–H groups in total. The highest BCUT2D eigenvalue weighted by atomic mass is 16.3. The summed E-state index contributed by atoms with van der Waals surface area (Å²) in [7, 11) is 0. The standard InChI is InChI=1S/C14H15N3O/c1-14(2,3)13-6-7-17(16-13)10-4-5-12-11(8-10)15-9-18-12/h4-9H,1-3H3. The van der Waals surface area contributed by atoms with Crippen LogP contribution in [0.15, 0.2) is 41.3 Å². The lowest BCUT2D eigenvalue weighted by atomic mass is 9.93. The molecule has 92 valence electrons. The van der Waals surface area contributed by atoms with E-state index < -0.39 is 0 Å². The van der Waals surface area contributed by atoms with Crippen LogP contribution in [0.5, 0.6) is 0 Å². The van der Waals surface area contributed by atoms with Gasteiger partial charge in [0.15, 0.2) is 12.0 Å². The van der Waals surface area contributed by atoms with Gasteiger partial charge >= 0.3 is 0 Å². The van der Waals surface area contributed by atoms with E-state index in [9.17, 15) is 0 Å². The molecule has 0 fully saturated rings. The van der Waals surface area contributed by atoms with E-state index in [2.05, 4.69) is 30.9 Å². The van der Waals surface area contributed by atoms with Crippen molar-refractivity contribution in [3.63, 3.8) is 0 Å². The van der Waals surface area contributed by atoms with Crippen molar-refractivity contribution in [2.45, 2.75) is 26.2 Å². The van der Waals surface area contributed by atoms with Crippen molar-refractivity contribution in [1.29, 1.82) is 0 Å². The van der Waals surface area contributed by atoms with Crippen LogP contribution in [0.2, 0.25) is 0 Å². The topological polar surface area (TPSA) is 43.9 Å². The Morgan fingerprint density at radius 2 is 2.00 bits per heavy atom. The number of benzene rings is 1. The molecule has 0 aliphatic carbocycles. The lowest BCUT2D eigenvalue weighted by Gasteiger charge is -2.14. The molecule has 3 rings (SSSR count). The minimum atomic E-state index is 0.0588. The monoisotopic (exact) mass is 241 g/mol. The Labute approximate surface area is 105 Å². The molecule has 0 saturated carbocycles. The number of rotatable bonds is 1. The van der Waals surface area contributed by atoms with Crippen LogP contribution in [-0.4, -0.2) is 14.8 Å². The second-order valence-electron chi connectivity index (χ2n) is 5.40. The third-order valence-corrected chi connectivity index (χ3v) is 2.94. The highest BCUT2D eigenvalue weighted by Crippen LogP contribution is 2.22. The van der Waals surface area contributed by atoms with E-state index in [-0.39, 0.29) is 5.41 Å². The van der Waals surface area contributed by atoms with Crippen LogP contribution in [0.25, 0.3) is 16.8 Å². The summed E-state index contributed by atoms with van der Waals surface area (Å²) in [6, 6.07) is 7.91. The van der Waals surface area contributed by atoms with Gasteiger partial charge in [-0.3, -0.25) is 0 Å². The van der Waals surface area contributed by atoms with E-state index >= 15 is 0 Å². The Hall–Kier alpha value is -2.10. The maximum absolute atomic E-state index is 5.23. The molecule has 3 aromatic rings. The first-order valence-corrected chi connectivity index (χ1v) is 5.94. The van der Waals surface area contributed by atoms with Gasteiger partial charge in [-0.1, -0.05) is 20.8 Å². The summed E-state index contributed by atoms with van der Waals surface area (Å²) in [6.07, 6.45) is 3.43. The van der Waals surface area contributed by atoms with Gasteiger partial charge in [-0.25, -0.2) is 9.67 Å². The van der Waals surface area contributed by atoms with E-state index in [0.29, 0.717) is 0 Å². The molecular weight excluding hydrogens is 226 g/mol. The number of hydrogen-bond donors (Lipinski definition) is 0. The lowest BCUT2D eigenvalue weighted by molar-refractivity contribution is 0.560. The average Bonchev–Trinajstić information content (AvgIpc) is 2.96. The number of oxazole rings is 1. The average molecular weight is 241 g/mol. The summed E-state index contributed by atoms with van der Waals surface area (Å²) in [4.78, 5) is 4.15. The normalized spacial score (nSPS) is 12.2.